The van der Waals surface area contributed by atoms with E-state index in [0.29, 0.717) is 6.54 Å². The highest BCUT2D eigenvalue weighted by Crippen LogP contribution is 2.21. The number of aryl methyl sites for hydroxylation is 1. The van der Waals surface area contributed by atoms with Gasteiger partial charge >= 0.3 is 0 Å². The lowest BCUT2D eigenvalue weighted by atomic mass is 10.0. The molecule has 3 N–H and O–H groups in total. The third-order valence-electron chi connectivity index (χ3n) is 3.82. The Kier molecular flexibility index (Phi) is 5.07. The van der Waals surface area contributed by atoms with Crippen molar-refractivity contribution in [2.75, 3.05) is 0 Å². The van der Waals surface area contributed by atoms with Crippen LogP contribution in [0.3, 0.4) is 0 Å². The van der Waals surface area contributed by atoms with E-state index in [0.717, 1.165) is 16.7 Å². The fourth-order valence-electron chi connectivity index (χ4n) is 2.60. The zero-order valence-electron chi connectivity index (χ0n) is 14.3. The summed E-state index contributed by atoms with van der Waals surface area (Å²) in [6.45, 7) is 2.30. The van der Waals surface area contributed by atoms with E-state index in [1.807, 2.05) is 30.3 Å². The van der Waals surface area contributed by atoms with Gasteiger partial charge < -0.3 is 11.1 Å². The number of primary amides is 1. The van der Waals surface area contributed by atoms with E-state index in [1.165, 1.54) is 16.4 Å². The van der Waals surface area contributed by atoms with Gasteiger partial charge in [0.15, 0.2) is 5.69 Å². The predicted molar refractivity (Wildman–Crippen MR) is 97.0 cm³/mol. The molecule has 26 heavy (non-hydrogen) atoms. The molecule has 3 rings (SSSR count). The lowest BCUT2D eigenvalue weighted by Gasteiger charge is -2.07. The van der Waals surface area contributed by atoms with Crippen LogP contribution >= 0.6 is 0 Å². The summed E-state index contributed by atoms with van der Waals surface area (Å²) in [5, 5.41) is 10.2. The molecule has 0 spiro atoms. The Labute approximate surface area is 150 Å². The van der Waals surface area contributed by atoms with Gasteiger partial charge in [-0.15, -0.1) is 5.10 Å². The molecular formula is C19H19N5O2. The quantitative estimate of drug-likeness (QED) is 0.706. The molecule has 7 heteroatoms. The predicted octanol–water partition coefficient (Wildman–Crippen LogP) is 1.67. The first-order valence-electron chi connectivity index (χ1n) is 8.14. The summed E-state index contributed by atoms with van der Waals surface area (Å²) in [6.07, 6.45) is 1.39. The first kappa shape index (κ1) is 17.3. The average molecular weight is 349 g/mol. The van der Waals surface area contributed by atoms with Gasteiger partial charge in [0.1, 0.15) is 6.54 Å². The normalized spacial score (nSPS) is 10.5. The van der Waals surface area contributed by atoms with Crippen LogP contribution in [0.5, 0.6) is 0 Å². The number of rotatable bonds is 6. The molecule has 3 aromatic rings. The second-order valence-corrected chi connectivity index (χ2v) is 6.02. The van der Waals surface area contributed by atoms with Crippen LogP contribution < -0.4 is 11.1 Å². The van der Waals surface area contributed by atoms with Gasteiger partial charge in [-0.3, -0.25) is 9.59 Å². The number of carbonyl (C=O) groups excluding carboxylic acids is 2. The summed E-state index contributed by atoms with van der Waals surface area (Å²) < 4.78 is 1.23. The van der Waals surface area contributed by atoms with Crippen molar-refractivity contribution in [1.82, 2.24) is 20.3 Å². The minimum Gasteiger partial charge on any atom is -0.368 e. The van der Waals surface area contributed by atoms with Crippen molar-refractivity contribution in [3.8, 4) is 11.1 Å². The zero-order valence-corrected chi connectivity index (χ0v) is 14.3. The van der Waals surface area contributed by atoms with Crippen molar-refractivity contribution < 1.29 is 9.59 Å². The fraction of sp³-hybridized carbons (Fsp3) is 0.158. The standard InChI is InChI=1S/C19H19N5O2/c1-13-4-2-6-15(8-13)16-7-3-5-14(9-16)10-21-19(26)17-11-24(23-22-17)12-18(20)25/h2-9,11H,10,12H2,1H3,(H2,20,25)(H,21,26). The van der Waals surface area contributed by atoms with Gasteiger partial charge in [-0.05, 0) is 29.7 Å². The molecule has 2 amide bonds. The first-order chi connectivity index (χ1) is 12.5. The van der Waals surface area contributed by atoms with Crippen LogP contribution in [0.1, 0.15) is 21.6 Å². The highest BCUT2D eigenvalue weighted by molar-refractivity contribution is 5.91. The summed E-state index contributed by atoms with van der Waals surface area (Å²) in [5.74, 6) is -0.906. The number of benzene rings is 2. The maximum absolute atomic E-state index is 12.2. The van der Waals surface area contributed by atoms with E-state index in [4.69, 9.17) is 5.73 Å². The molecule has 1 heterocycles. The van der Waals surface area contributed by atoms with Gasteiger partial charge in [0.05, 0.1) is 6.20 Å². The second-order valence-electron chi connectivity index (χ2n) is 6.02. The minimum atomic E-state index is -0.546. The lowest BCUT2D eigenvalue weighted by molar-refractivity contribution is -0.118. The molecule has 0 saturated carbocycles. The van der Waals surface area contributed by atoms with Crippen LogP contribution in [0.2, 0.25) is 0 Å². The number of carbonyl (C=O) groups is 2. The van der Waals surface area contributed by atoms with Gasteiger partial charge in [-0.1, -0.05) is 53.2 Å². The van der Waals surface area contributed by atoms with Crippen molar-refractivity contribution in [3.63, 3.8) is 0 Å². The van der Waals surface area contributed by atoms with E-state index in [9.17, 15) is 9.59 Å². The smallest absolute Gasteiger partial charge is 0.273 e. The Morgan fingerprint density at radius 3 is 2.58 bits per heavy atom. The van der Waals surface area contributed by atoms with Crippen molar-refractivity contribution in [2.45, 2.75) is 20.0 Å². The number of hydrogen-bond donors (Lipinski definition) is 2. The molecule has 0 bridgehead atoms. The summed E-state index contributed by atoms with van der Waals surface area (Å²) in [5.41, 5.74) is 9.62. The molecule has 0 unspecified atom stereocenters. The van der Waals surface area contributed by atoms with Gasteiger partial charge in [0.25, 0.3) is 5.91 Å². The number of amides is 2. The Balaban J connectivity index is 1.66. The van der Waals surface area contributed by atoms with Crippen molar-refractivity contribution in [3.05, 3.63) is 71.5 Å². The molecular weight excluding hydrogens is 330 g/mol. The molecule has 0 radical (unpaired) electrons. The maximum atomic E-state index is 12.2. The van der Waals surface area contributed by atoms with Gasteiger partial charge in [0, 0.05) is 6.54 Å². The maximum Gasteiger partial charge on any atom is 0.273 e. The Hall–Kier alpha value is -3.48. The van der Waals surface area contributed by atoms with E-state index in [2.05, 4.69) is 40.8 Å². The van der Waals surface area contributed by atoms with Crippen LogP contribution in [0.15, 0.2) is 54.7 Å². The molecule has 0 atom stereocenters. The van der Waals surface area contributed by atoms with Crippen molar-refractivity contribution >= 4 is 11.8 Å². The Morgan fingerprint density at radius 2 is 1.85 bits per heavy atom. The van der Waals surface area contributed by atoms with Crippen LogP contribution in [0, 0.1) is 6.92 Å². The van der Waals surface area contributed by atoms with Crippen LogP contribution in [0.4, 0.5) is 0 Å². The molecule has 0 aliphatic heterocycles. The summed E-state index contributed by atoms with van der Waals surface area (Å²) >= 11 is 0. The van der Waals surface area contributed by atoms with Gasteiger partial charge in [0.2, 0.25) is 5.91 Å². The number of aromatic nitrogens is 3. The third-order valence-corrected chi connectivity index (χ3v) is 3.82. The number of nitrogens with one attached hydrogen (secondary N) is 1. The topological polar surface area (TPSA) is 103 Å². The van der Waals surface area contributed by atoms with Crippen molar-refractivity contribution in [1.29, 1.82) is 0 Å². The van der Waals surface area contributed by atoms with E-state index >= 15 is 0 Å². The zero-order chi connectivity index (χ0) is 18.5. The van der Waals surface area contributed by atoms with Gasteiger partial charge in [-0.25, -0.2) is 4.68 Å². The third kappa shape index (κ3) is 4.32. The first-order valence-corrected chi connectivity index (χ1v) is 8.14. The Morgan fingerprint density at radius 1 is 1.12 bits per heavy atom. The molecule has 2 aromatic carbocycles. The molecule has 132 valence electrons. The van der Waals surface area contributed by atoms with Crippen LogP contribution in [-0.4, -0.2) is 26.8 Å². The minimum absolute atomic E-state index is 0.112. The van der Waals surface area contributed by atoms with Crippen LogP contribution in [0.25, 0.3) is 11.1 Å². The van der Waals surface area contributed by atoms with Crippen molar-refractivity contribution in [2.24, 2.45) is 5.73 Å². The molecule has 1 aromatic heterocycles. The molecule has 0 aliphatic carbocycles. The summed E-state index contributed by atoms with van der Waals surface area (Å²) in [6, 6.07) is 16.2. The summed E-state index contributed by atoms with van der Waals surface area (Å²) in [7, 11) is 0. The van der Waals surface area contributed by atoms with Gasteiger partial charge in [-0.2, -0.15) is 0 Å². The van der Waals surface area contributed by atoms with E-state index in [1.54, 1.807) is 0 Å². The average Bonchev–Trinajstić information content (AvgIpc) is 3.08. The SMILES string of the molecule is Cc1cccc(-c2cccc(CNC(=O)c3cn(CC(N)=O)nn3)c2)c1. The monoisotopic (exact) mass is 349 g/mol. The highest BCUT2D eigenvalue weighted by Gasteiger charge is 2.11. The largest absolute Gasteiger partial charge is 0.368 e. The molecule has 0 aliphatic rings. The van der Waals surface area contributed by atoms with E-state index in [-0.39, 0.29) is 18.1 Å². The van der Waals surface area contributed by atoms with E-state index < -0.39 is 5.91 Å². The highest BCUT2D eigenvalue weighted by atomic mass is 16.2. The molecule has 0 fully saturated rings. The van der Waals surface area contributed by atoms with Crippen LogP contribution in [-0.2, 0) is 17.9 Å². The number of hydrogen-bond acceptors (Lipinski definition) is 4. The Bertz CT molecular complexity index is 948. The summed E-state index contributed by atoms with van der Waals surface area (Å²) in [4.78, 5) is 23.0. The second kappa shape index (κ2) is 7.60. The fourth-order valence-corrected chi connectivity index (χ4v) is 2.60. The molecule has 7 nitrogen and oxygen atoms in total. The molecule has 0 saturated heterocycles. The lowest BCUT2D eigenvalue weighted by Crippen LogP contribution is -2.23. The number of nitrogens with two attached hydrogens (primary N) is 1. The number of nitrogens with zero attached hydrogens (tertiary/aromatic N) is 3.